The van der Waals surface area contributed by atoms with Crippen molar-refractivity contribution in [2.45, 2.75) is 29.4 Å². The molecule has 1 aromatic rings. The van der Waals surface area contributed by atoms with Crippen LogP contribution in [0.2, 0.25) is 0 Å². The number of ether oxygens (including phenoxy) is 1. The molecule has 0 spiro atoms. The van der Waals surface area contributed by atoms with E-state index in [0.717, 1.165) is 0 Å². The first-order valence-electron chi connectivity index (χ1n) is 6.47. The number of carbonyl (C=O) groups excluding carboxylic acids is 1. The normalized spacial score (nSPS) is 12.1. The quantitative estimate of drug-likeness (QED) is 0.484. The van der Waals surface area contributed by atoms with Gasteiger partial charge in [0.2, 0.25) is 0 Å². The number of aliphatic hydroxyl groups excluding tert-OH is 1. The molecule has 0 saturated carbocycles. The lowest BCUT2D eigenvalue weighted by Gasteiger charge is -2.15. The first-order chi connectivity index (χ1) is 10.0. The second-order valence-corrected chi connectivity index (χ2v) is 6.40. The van der Waals surface area contributed by atoms with Crippen LogP contribution in [0.3, 0.4) is 0 Å². The summed E-state index contributed by atoms with van der Waals surface area (Å²) in [6, 6.07) is 7.83. The molecule has 0 fully saturated rings. The van der Waals surface area contributed by atoms with Crippen LogP contribution < -0.4 is 0 Å². The highest BCUT2D eigenvalue weighted by atomic mass is 32.2. The van der Waals surface area contributed by atoms with Gasteiger partial charge >= 0.3 is 5.97 Å². The number of aliphatic hydroxyl groups is 1. The Morgan fingerprint density at radius 2 is 1.95 bits per heavy atom. The topological polar surface area (TPSA) is 80.7 Å². The minimum absolute atomic E-state index is 0.0989. The number of benzene rings is 1. The number of sulfone groups is 1. The first-order valence-corrected chi connectivity index (χ1v) is 8.02. The van der Waals surface area contributed by atoms with Gasteiger partial charge in [-0.3, -0.25) is 4.79 Å². The van der Waals surface area contributed by atoms with E-state index in [1.54, 1.807) is 18.2 Å². The maximum absolute atomic E-state index is 12.5. The lowest BCUT2D eigenvalue weighted by atomic mass is 10.2. The SMILES string of the molecule is COC(=O)C(CCCC#CCO)S(=O)(=O)c1ccccc1. The zero-order valence-corrected chi connectivity index (χ0v) is 12.6. The van der Waals surface area contributed by atoms with Crippen molar-refractivity contribution in [1.82, 2.24) is 0 Å². The monoisotopic (exact) mass is 310 g/mol. The zero-order valence-electron chi connectivity index (χ0n) is 11.8. The van der Waals surface area contributed by atoms with E-state index in [0.29, 0.717) is 12.8 Å². The van der Waals surface area contributed by atoms with Crippen molar-refractivity contribution in [2.75, 3.05) is 13.7 Å². The van der Waals surface area contributed by atoms with E-state index in [1.807, 2.05) is 0 Å². The van der Waals surface area contributed by atoms with Crippen molar-refractivity contribution in [3.63, 3.8) is 0 Å². The van der Waals surface area contributed by atoms with Gasteiger partial charge in [-0.2, -0.15) is 0 Å². The number of hydrogen-bond donors (Lipinski definition) is 1. The Labute approximate surface area is 124 Å². The summed E-state index contributed by atoms with van der Waals surface area (Å²) in [4.78, 5) is 11.9. The molecule has 0 aliphatic rings. The number of carbonyl (C=O) groups is 1. The van der Waals surface area contributed by atoms with Gasteiger partial charge in [-0.1, -0.05) is 24.1 Å². The summed E-state index contributed by atoms with van der Waals surface area (Å²) in [6.07, 6.45) is 0.973. The van der Waals surface area contributed by atoms with Crippen molar-refractivity contribution in [3.8, 4) is 11.8 Å². The predicted octanol–water partition coefficient (Wildman–Crippen LogP) is 1.17. The van der Waals surface area contributed by atoms with Gasteiger partial charge in [-0.25, -0.2) is 8.42 Å². The van der Waals surface area contributed by atoms with Gasteiger partial charge in [0.25, 0.3) is 0 Å². The average Bonchev–Trinajstić information content (AvgIpc) is 2.50. The molecule has 1 atom stereocenters. The van der Waals surface area contributed by atoms with Gasteiger partial charge < -0.3 is 9.84 Å². The van der Waals surface area contributed by atoms with Gasteiger partial charge in [-0.15, -0.1) is 5.92 Å². The summed E-state index contributed by atoms with van der Waals surface area (Å²) >= 11 is 0. The summed E-state index contributed by atoms with van der Waals surface area (Å²) in [5.41, 5.74) is 0. The third-order valence-electron chi connectivity index (χ3n) is 2.88. The van der Waals surface area contributed by atoms with Gasteiger partial charge in [0, 0.05) is 6.42 Å². The summed E-state index contributed by atoms with van der Waals surface area (Å²) in [7, 11) is -2.61. The van der Waals surface area contributed by atoms with Gasteiger partial charge in [0.1, 0.15) is 6.61 Å². The molecule has 0 amide bonds. The Balaban J connectivity index is 2.90. The number of methoxy groups -OCH3 is 1. The molecule has 5 nitrogen and oxygen atoms in total. The lowest BCUT2D eigenvalue weighted by molar-refractivity contribution is -0.140. The zero-order chi connectivity index (χ0) is 15.7. The molecule has 21 heavy (non-hydrogen) atoms. The molecule has 6 heteroatoms. The highest BCUT2D eigenvalue weighted by Crippen LogP contribution is 2.21. The fourth-order valence-corrected chi connectivity index (χ4v) is 3.52. The van der Waals surface area contributed by atoms with Crippen LogP contribution in [0.25, 0.3) is 0 Å². The molecule has 1 N–H and O–H groups in total. The molecule has 0 aliphatic heterocycles. The van der Waals surface area contributed by atoms with Crippen LogP contribution in [0.5, 0.6) is 0 Å². The Morgan fingerprint density at radius 3 is 2.52 bits per heavy atom. The molecule has 0 radical (unpaired) electrons. The van der Waals surface area contributed by atoms with Crippen LogP contribution in [-0.4, -0.2) is 38.5 Å². The third kappa shape index (κ3) is 4.88. The summed E-state index contributed by atoms with van der Waals surface area (Å²) < 4.78 is 29.6. The molecule has 0 saturated heterocycles. The number of esters is 1. The molecule has 0 aromatic heterocycles. The largest absolute Gasteiger partial charge is 0.468 e. The van der Waals surface area contributed by atoms with Crippen molar-refractivity contribution >= 4 is 15.8 Å². The maximum atomic E-state index is 12.5. The second kappa shape index (κ2) is 8.45. The fraction of sp³-hybridized carbons (Fsp3) is 0.400. The Kier molecular flexibility index (Phi) is 6.92. The van der Waals surface area contributed by atoms with E-state index >= 15 is 0 Å². The third-order valence-corrected chi connectivity index (χ3v) is 4.99. The van der Waals surface area contributed by atoms with Gasteiger partial charge in [-0.05, 0) is 25.0 Å². The summed E-state index contributed by atoms with van der Waals surface area (Å²) in [5, 5.41) is 7.30. The van der Waals surface area contributed by atoms with Crippen LogP contribution in [0.1, 0.15) is 19.3 Å². The number of unbranched alkanes of at least 4 members (excludes halogenated alkanes) is 1. The molecule has 1 unspecified atom stereocenters. The lowest BCUT2D eigenvalue weighted by Crippen LogP contribution is -2.31. The van der Waals surface area contributed by atoms with Crippen molar-refractivity contribution in [2.24, 2.45) is 0 Å². The first kappa shape index (κ1) is 17.2. The molecule has 0 aliphatic carbocycles. The van der Waals surface area contributed by atoms with E-state index in [9.17, 15) is 13.2 Å². The van der Waals surface area contributed by atoms with Crippen molar-refractivity contribution in [3.05, 3.63) is 30.3 Å². The van der Waals surface area contributed by atoms with E-state index in [2.05, 4.69) is 16.6 Å². The smallest absolute Gasteiger partial charge is 0.324 e. The number of rotatable bonds is 6. The van der Waals surface area contributed by atoms with Crippen LogP contribution in [0.15, 0.2) is 35.2 Å². The predicted molar refractivity (Wildman–Crippen MR) is 78.1 cm³/mol. The Hall–Kier alpha value is -1.84. The van der Waals surface area contributed by atoms with E-state index < -0.39 is 21.1 Å². The fourth-order valence-electron chi connectivity index (χ4n) is 1.83. The standard InChI is InChI=1S/C15H18O5S/c1-20-15(17)14(11-7-2-3-8-12-16)21(18,19)13-9-5-4-6-10-13/h4-6,9-10,14,16H,2,7,11-12H2,1H3. The molecular weight excluding hydrogens is 292 g/mol. The second-order valence-electron chi connectivity index (χ2n) is 4.27. The van der Waals surface area contributed by atoms with Gasteiger partial charge in [0.05, 0.1) is 12.0 Å². The van der Waals surface area contributed by atoms with E-state index in [4.69, 9.17) is 5.11 Å². The molecular formula is C15H18O5S. The van der Waals surface area contributed by atoms with E-state index in [-0.39, 0.29) is 17.9 Å². The molecule has 0 bridgehead atoms. The van der Waals surface area contributed by atoms with Crippen LogP contribution in [0.4, 0.5) is 0 Å². The van der Waals surface area contributed by atoms with Crippen molar-refractivity contribution < 1.29 is 23.1 Å². The average molecular weight is 310 g/mol. The summed E-state index contributed by atoms with van der Waals surface area (Å²) in [6.45, 7) is -0.233. The number of hydrogen-bond acceptors (Lipinski definition) is 5. The highest BCUT2D eigenvalue weighted by Gasteiger charge is 2.34. The highest BCUT2D eigenvalue weighted by molar-refractivity contribution is 7.92. The summed E-state index contributed by atoms with van der Waals surface area (Å²) in [5.74, 6) is 4.40. The van der Waals surface area contributed by atoms with Crippen LogP contribution >= 0.6 is 0 Å². The minimum atomic E-state index is -3.78. The van der Waals surface area contributed by atoms with Crippen LogP contribution in [-0.2, 0) is 19.4 Å². The molecule has 1 rings (SSSR count). The Bertz CT molecular complexity index is 610. The minimum Gasteiger partial charge on any atom is -0.468 e. The van der Waals surface area contributed by atoms with Crippen molar-refractivity contribution in [1.29, 1.82) is 0 Å². The maximum Gasteiger partial charge on any atom is 0.324 e. The molecule has 0 heterocycles. The van der Waals surface area contributed by atoms with Gasteiger partial charge in [0.15, 0.2) is 15.1 Å². The van der Waals surface area contributed by atoms with E-state index in [1.165, 1.54) is 19.2 Å². The molecule has 1 aromatic carbocycles. The van der Waals surface area contributed by atoms with Crippen LogP contribution in [0, 0.1) is 11.8 Å². The Morgan fingerprint density at radius 1 is 1.29 bits per heavy atom. The molecule has 114 valence electrons.